The van der Waals surface area contributed by atoms with Gasteiger partial charge in [0, 0.05) is 41.2 Å². The largest absolute Gasteiger partial charge is 0.481 e. The van der Waals surface area contributed by atoms with Crippen LogP contribution >= 0.6 is 11.6 Å². The Balaban J connectivity index is 1.25. The maximum Gasteiger partial charge on any atom is 0.274 e. The normalized spacial score (nSPS) is 21.1. The zero-order valence-corrected chi connectivity index (χ0v) is 19.9. The van der Waals surface area contributed by atoms with Gasteiger partial charge in [-0.3, -0.25) is 14.7 Å². The number of nitrogens with zero attached hydrogens (tertiary/aromatic N) is 3. The summed E-state index contributed by atoms with van der Waals surface area (Å²) in [5.41, 5.74) is 1.76. The number of rotatable bonds is 6. The van der Waals surface area contributed by atoms with Gasteiger partial charge in [0.1, 0.15) is 0 Å². The molecule has 10 heteroatoms. The van der Waals surface area contributed by atoms with Crippen molar-refractivity contribution in [3.05, 3.63) is 64.7 Å². The van der Waals surface area contributed by atoms with Crippen molar-refractivity contribution < 1.29 is 18.7 Å². The fourth-order valence-corrected chi connectivity index (χ4v) is 5.36. The molecule has 182 valence electrons. The lowest BCUT2D eigenvalue weighted by atomic mass is 9.89. The van der Waals surface area contributed by atoms with E-state index in [0.717, 1.165) is 24.6 Å². The van der Waals surface area contributed by atoms with Crippen LogP contribution in [0.5, 0.6) is 5.88 Å². The maximum atomic E-state index is 14.3. The second kappa shape index (κ2) is 9.65. The topological polar surface area (TPSA) is 100 Å². The Kier molecular flexibility index (Phi) is 6.42. The van der Waals surface area contributed by atoms with Crippen LogP contribution in [0.2, 0.25) is 5.02 Å². The Labute approximate surface area is 206 Å². The van der Waals surface area contributed by atoms with Crippen molar-refractivity contribution in [2.24, 2.45) is 5.92 Å². The Morgan fingerprint density at radius 1 is 1.23 bits per heavy atom. The van der Waals surface area contributed by atoms with Crippen LogP contribution in [0.15, 0.2) is 42.6 Å². The van der Waals surface area contributed by atoms with Crippen molar-refractivity contribution in [3.63, 3.8) is 0 Å². The molecule has 4 heterocycles. The molecule has 2 aromatic heterocycles. The van der Waals surface area contributed by atoms with Crippen LogP contribution in [-0.4, -0.2) is 51.1 Å². The number of ether oxygens (including phenoxy) is 1. The molecule has 5 rings (SSSR count). The van der Waals surface area contributed by atoms with E-state index >= 15 is 0 Å². The quantitative estimate of drug-likeness (QED) is 0.536. The lowest BCUT2D eigenvalue weighted by Crippen LogP contribution is -2.49. The molecule has 0 spiro atoms. The maximum absolute atomic E-state index is 14.3. The summed E-state index contributed by atoms with van der Waals surface area (Å²) in [6.07, 6.45) is 3.98. The molecule has 2 fully saturated rings. The summed E-state index contributed by atoms with van der Waals surface area (Å²) in [5, 5.41) is 10.5. The molecule has 0 aliphatic carbocycles. The summed E-state index contributed by atoms with van der Waals surface area (Å²) >= 11 is 6.02. The monoisotopic (exact) mass is 497 g/mol. The lowest BCUT2D eigenvalue weighted by molar-refractivity contribution is -0.127. The van der Waals surface area contributed by atoms with Gasteiger partial charge in [-0.2, -0.15) is 5.10 Å². The Hall–Kier alpha value is -3.46. The molecule has 2 aliphatic rings. The first-order valence-corrected chi connectivity index (χ1v) is 11.9. The summed E-state index contributed by atoms with van der Waals surface area (Å²) in [6.45, 7) is 0.417. The summed E-state index contributed by atoms with van der Waals surface area (Å²) in [6, 6.07) is 10.3. The van der Waals surface area contributed by atoms with Gasteiger partial charge in [0.05, 0.1) is 19.0 Å². The number of aromatic amines is 1. The number of hydrogen-bond acceptors (Lipinski definition) is 5. The van der Waals surface area contributed by atoms with E-state index in [2.05, 4.69) is 20.5 Å². The van der Waals surface area contributed by atoms with E-state index in [1.165, 1.54) is 13.2 Å². The molecule has 2 N–H and O–H groups in total. The van der Waals surface area contributed by atoms with Crippen molar-refractivity contribution in [1.82, 2.24) is 25.4 Å². The number of piperidine rings is 1. The van der Waals surface area contributed by atoms with Gasteiger partial charge in [-0.15, -0.1) is 0 Å². The predicted molar refractivity (Wildman–Crippen MR) is 127 cm³/mol. The minimum atomic E-state index is -0.543. The minimum absolute atomic E-state index is 0.00172. The van der Waals surface area contributed by atoms with E-state index in [1.54, 1.807) is 12.1 Å². The first-order chi connectivity index (χ1) is 16.9. The number of H-pyrrole nitrogens is 1. The van der Waals surface area contributed by atoms with Gasteiger partial charge in [0.2, 0.25) is 11.8 Å². The van der Waals surface area contributed by atoms with Crippen LogP contribution in [0.4, 0.5) is 4.39 Å². The third kappa shape index (κ3) is 4.73. The average Bonchev–Trinajstić information content (AvgIpc) is 3.45. The highest BCUT2D eigenvalue weighted by Crippen LogP contribution is 2.40. The van der Waals surface area contributed by atoms with Crippen molar-refractivity contribution in [2.75, 3.05) is 7.11 Å². The smallest absolute Gasteiger partial charge is 0.274 e. The van der Waals surface area contributed by atoms with Gasteiger partial charge >= 0.3 is 0 Å². The molecule has 1 aromatic carbocycles. The van der Waals surface area contributed by atoms with Crippen molar-refractivity contribution in [1.29, 1.82) is 0 Å². The van der Waals surface area contributed by atoms with E-state index in [4.69, 9.17) is 16.3 Å². The summed E-state index contributed by atoms with van der Waals surface area (Å²) in [7, 11) is 1.45. The van der Waals surface area contributed by atoms with Gasteiger partial charge in [0.25, 0.3) is 5.91 Å². The van der Waals surface area contributed by atoms with E-state index in [9.17, 15) is 14.0 Å². The summed E-state index contributed by atoms with van der Waals surface area (Å²) < 4.78 is 19.4. The number of methoxy groups -OCH3 is 1. The number of halogens is 2. The van der Waals surface area contributed by atoms with Crippen molar-refractivity contribution in [3.8, 4) is 17.1 Å². The predicted octanol–water partition coefficient (Wildman–Crippen LogP) is 3.97. The molecule has 2 bridgehead atoms. The van der Waals surface area contributed by atoms with Crippen LogP contribution < -0.4 is 10.1 Å². The highest BCUT2D eigenvalue weighted by atomic mass is 35.5. The van der Waals surface area contributed by atoms with Gasteiger partial charge in [-0.1, -0.05) is 23.7 Å². The first kappa shape index (κ1) is 23.3. The number of amides is 2. The van der Waals surface area contributed by atoms with Gasteiger partial charge in [-0.05, 0) is 49.4 Å². The number of fused-ring (bicyclic) bond motifs is 2. The Morgan fingerprint density at radius 3 is 2.71 bits per heavy atom. The summed E-state index contributed by atoms with van der Waals surface area (Å²) in [5.74, 6) is -0.642. The van der Waals surface area contributed by atoms with Gasteiger partial charge < -0.3 is 15.0 Å². The number of pyridine rings is 1. The Morgan fingerprint density at radius 2 is 2.00 bits per heavy atom. The van der Waals surface area contributed by atoms with Crippen molar-refractivity contribution >= 4 is 23.4 Å². The van der Waals surface area contributed by atoms with Crippen LogP contribution in [0.25, 0.3) is 11.3 Å². The lowest BCUT2D eigenvalue weighted by Gasteiger charge is -2.38. The van der Waals surface area contributed by atoms with Gasteiger partial charge in [-0.25, -0.2) is 9.37 Å². The fourth-order valence-electron chi connectivity index (χ4n) is 5.14. The molecule has 2 amide bonds. The third-order valence-corrected chi connectivity index (χ3v) is 7.06. The summed E-state index contributed by atoms with van der Waals surface area (Å²) in [4.78, 5) is 31.9. The Bertz CT molecular complexity index is 1250. The molecular formula is C25H25ClFN5O3. The second-order valence-corrected chi connectivity index (χ2v) is 9.42. The van der Waals surface area contributed by atoms with Crippen LogP contribution in [-0.2, 0) is 11.3 Å². The van der Waals surface area contributed by atoms with Crippen LogP contribution in [0.1, 0.15) is 41.7 Å². The highest BCUT2D eigenvalue weighted by Gasteiger charge is 2.45. The molecule has 0 radical (unpaired) electrons. The number of nitrogens with one attached hydrogen (secondary N) is 2. The minimum Gasteiger partial charge on any atom is -0.481 e. The third-order valence-electron chi connectivity index (χ3n) is 6.82. The van der Waals surface area contributed by atoms with E-state index in [1.807, 2.05) is 23.1 Å². The average molecular weight is 498 g/mol. The number of carbonyl (C=O) groups excluding carboxylic acids is 2. The van der Waals surface area contributed by atoms with E-state index in [-0.39, 0.29) is 47.0 Å². The zero-order valence-electron chi connectivity index (χ0n) is 19.1. The molecule has 3 atom stereocenters. The number of aromatic nitrogens is 3. The SMILES string of the molecule is COc1cc(-c2cc(C(=O)N3[C@@H]4CC[C@H]3C[C@@H](C(=O)NCc3cccc(Cl)c3)C4)n[nH]2)c(F)cn1. The standard InChI is InChI=1S/C25H25ClFN5O3/c1-35-23-10-19(20(27)13-28-23)21-11-22(31-30-21)25(34)32-17-5-6-18(32)9-15(8-17)24(33)29-12-14-3-2-4-16(26)7-14/h2-4,7,10-11,13,15,17-18H,5-6,8-9,12H2,1H3,(H,29,33)(H,30,31)/t15-,17+,18-. The van der Waals surface area contributed by atoms with E-state index < -0.39 is 5.82 Å². The van der Waals surface area contributed by atoms with Gasteiger partial charge in [0.15, 0.2) is 11.5 Å². The molecule has 2 aliphatic heterocycles. The van der Waals surface area contributed by atoms with Crippen LogP contribution in [0.3, 0.4) is 0 Å². The molecule has 2 saturated heterocycles. The fraction of sp³-hybridized carbons (Fsp3) is 0.360. The number of carbonyl (C=O) groups is 2. The molecule has 0 unspecified atom stereocenters. The zero-order chi connectivity index (χ0) is 24.5. The molecule has 3 aromatic rings. The van der Waals surface area contributed by atoms with E-state index in [0.29, 0.717) is 30.1 Å². The first-order valence-electron chi connectivity index (χ1n) is 11.5. The second-order valence-electron chi connectivity index (χ2n) is 8.99. The number of hydrogen-bond donors (Lipinski definition) is 2. The highest BCUT2D eigenvalue weighted by molar-refractivity contribution is 6.30. The molecule has 35 heavy (non-hydrogen) atoms. The number of benzene rings is 1. The molecule has 8 nitrogen and oxygen atoms in total. The van der Waals surface area contributed by atoms with Crippen LogP contribution in [0, 0.1) is 11.7 Å². The van der Waals surface area contributed by atoms with Crippen molar-refractivity contribution in [2.45, 2.75) is 44.3 Å². The molecule has 0 saturated carbocycles. The molecular weight excluding hydrogens is 473 g/mol.